The first kappa shape index (κ1) is 23.7. The van der Waals surface area contributed by atoms with Gasteiger partial charge in [-0.25, -0.2) is 0 Å². The van der Waals surface area contributed by atoms with Gasteiger partial charge < -0.3 is 4.74 Å². The number of rotatable bonds is 7. The normalized spacial score (nSPS) is 25.0. The summed E-state index contributed by atoms with van der Waals surface area (Å²) in [6.07, 6.45) is 16.1. The van der Waals surface area contributed by atoms with E-state index in [1.54, 1.807) is 0 Å². The summed E-state index contributed by atoms with van der Waals surface area (Å²) in [6, 6.07) is 17.1. The van der Waals surface area contributed by atoms with Gasteiger partial charge in [0.25, 0.3) is 0 Å². The molecule has 1 heteroatoms. The van der Waals surface area contributed by atoms with Crippen LogP contribution in [0.3, 0.4) is 0 Å². The maximum Gasteiger partial charge on any atom is 0.119 e. The second kappa shape index (κ2) is 12.1. The zero-order valence-corrected chi connectivity index (χ0v) is 20.4. The average Bonchev–Trinajstić information content (AvgIpc) is 2.88. The molecule has 2 saturated carbocycles. The van der Waals surface area contributed by atoms with Crippen molar-refractivity contribution >= 4 is 0 Å². The van der Waals surface area contributed by atoms with Crippen molar-refractivity contribution in [3.8, 4) is 17.6 Å². The molecule has 0 saturated heterocycles. The summed E-state index contributed by atoms with van der Waals surface area (Å²) >= 11 is 0. The summed E-state index contributed by atoms with van der Waals surface area (Å²) in [4.78, 5) is 0. The minimum atomic E-state index is 0.691. The van der Waals surface area contributed by atoms with E-state index in [0.717, 1.165) is 40.5 Å². The van der Waals surface area contributed by atoms with Gasteiger partial charge in [-0.1, -0.05) is 42.9 Å². The number of hydrogen-bond donors (Lipinski definition) is 0. The van der Waals surface area contributed by atoms with E-state index in [1.165, 1.54) is 69.8 Å². The topological polar surface area (TPSA) is 9.23 Å². The molecular formula is C32H40O. The van der Waals surface area contributed by atoms with Gasteiger partial charge in [-0.3, -0.25) is 0 Å². The third-order valence-corrected chi connectivity index (χ3v) is 8.01. The quantitative estimate of drug-likeness (QED) is 0.309. The zero-order valence-electron chi connectivity index (χ0n) is 20.4. The average molecular weight is 441 g/mol. The van der Waals surface area contributed by atoms with Gasteiger partial charge in [-0.15, -0.1) is 6.58 Å². The van der Waals surface area contributed by atoms with Crippen LogP contribution in [0.15, 0.2) is 61.2 Å². The first-order valence-electron chi connectivity index (χ1n) is 13.2. The molecule has 33 heavy (non-hydrogen) atoms. The Morgan fingerprint density at radius 3 is 1.88 bits per heavy atom. The molecule has 2 aromatic rings. The highest BCUT2D eigenvalue weighted by atomic mass is 16.5. The molecule has 2 aromatic carbocycles. The molecule has 4 rings (SSSR count). The van der Waals surface area contributed by atoms with Crippen LogP contribution >= 0.6 is 0 Å². The predicted octanol–water partition coefficient (Wildman–Crippen LogP) is 8.53. The van der Waals surface area contributed by atoms with E-state index in [0.29, 0.717) is 6.61 Å². The van der Waals surface area contributed by atoms with Crippen molar-refractivity contribution in [1.29, 1.82) is 0 Å². The molecule has 2 aliphatic carbocycles. The highest BCUT2D eigenvalue weighted by Crippen LogP contribution is 2.44. The van der Waals surface area contributed by atoms with Gasteiger partial charge in [0.05, 0.1) is 6.61 Å². The maximum atomic E-state index is 5.50. The third-order valence-electron chi connectivity index (χ3n) is 8.01. The zero-order chi connectivity index (χ0) is 22.9. The van der Waals surface area contributed by atoms with Crippen LogP contribution < -0.4 is 4.74 Å². The van der Waals surface area contributed by atoms with Crippen molar-refractivity contribution in [3.63, 3.8) is 0 Å². The minimum absolute atomic E-state index is 0.691. The lowest BCUT2D eigenvalue weighted by molar-refractivity contribution is 0.157. The largest absolute Gasteiger partial charge is 0.494 e. The van der Waals surface area contributed by atoms with E-state index in [1.807, 2.05) is 31.2 Å². The van der Waals surface area contributed by atoms with Crippen LogP contribution in [0.2, 0.25) is 0 Å². The standard InChI is InChI=1S/C32H40O/c1-3-5-6-25-9-15-28(16-10-25)30-19-21-31(22-20-30)29-17-11-26(12-18-29)7-8-27-13-23-32(24-14-27)33-4-2/h3,11-14,17-18,23-25,28,30-31H,1,4-6,9-10,15-16,19-22H2,2H3/t25-,28-,30-,31-. The first-order chi connectivity index (χ1) is 16.2. The summed E-state index contributed by atoms with van der Waals surface area (Å²) in [6.45, 7) is 6.58. The Labute approximate surface area is 201 Å². The van der Waals surface area contributed by atoms with Crippen molar-refractivity contribution in [1.82, 2.24) is 0 Å². The molecule has 0 bridgehead atoms. The SMILES string of the molecule is C=CCC[C@H]1CC[C@H]([C@H]2CC[C@H](c3ccc(C#Cc4ccc(OCC)cc4)cc3)CC2)CC1. The molecule has 2 fully saturated rings. The number of hydrogen-bond acceptors (Lipinski definition) is 1. The van der Waals surface area contributed by atoms with Crippen LogP contribution in [-0.4, -0.2) is 6.61 Å². The summed E-state index contributed by atoms with van der Waals surface area (Å²) in [5.74, 6) is 11.2. The van der Waals surface area contributed by atoms with E-state index in [2.05, 4.69) is 48.8 Å². The van der Waals surface area contributed by atoms with Gasteiger partial charge in [0.2, 0.25) is 0 Å². The van der Waals surface area contributed by atoms with Crippen molar-refractivity contribution in [2.75, 3.05) is 6.61 Å². The fourth-order valence-electron chi connectivity index (χ4n) is 6.01. The molecule has 174 valence electrons. The lowest BCUT2D eigenvalue weighted by atomic mass is 9.68. The Balaban J connectivity index is 1.25. The number of benzene rings is 2. The fraction of sp³-hybridized carbons (Fsp3) is 0.500. The van der Waals surface area contributed by atoms with Crippen molar-refractivity contribution in [2.24, 2.45) is 17.8 Å². The first-order valence-corrected chi connectivity index (χ1v) is 13.2. The van der Waals surface area contributed by atoms with Gasteiger partial charge in [0, 0.05) is 11.1 Å². The monoisotopic (exact) mass is 440 g/mol. The minimum Gasteiger partial charge on any atom is -0.494 e. The maximum absolute atomic E-state index is 5.50. The second-order valence-corrected chi connectivity index (χ2v) is 10.1. The van der Waals surface area contributed by atoms with E-state index >= 15 is 0 Å². The van der Waals surface area contributed by atoms with E-state index in [4.69, 9.17) is 4.74 Å². The van der Waals surface area contributed by atoms with Crippen molar-refractivity contribution in [3.05, 3.63) is 77.9 Å². The predicted molar refractivity (Wildman–Crippen MR) is 140 cm³/mol. The Bertz CT molecular complexity index is 911. The van der Waals surface area contributed by atoms with E-state index < -0.39 is 0 Å². The van der Waals surface area contributed by atoms with Crippen LogP contribution in [0, 0.1) is 29.6 Å². The molecule has 0 atom stereocenters. The highest BCUT2D eigenvalue weighted by molar-refractivity contribution is 5.45. The van der Waals surface area contributed by atoms with Crippen LogP contribution in [-0.2, 0) is 0 Å². The summed E-state index contributed by atoms with van der Waals surface area (Å²) in [5, 5.41) is 0. The molecular weight excluding hydrogens is 400 g/mol. The second-order valence-electron chi connectivity index (χ2n) is 10.1. The lowest BCUT2D eigenvalue weighted by Crippen LogP contribution is -2.25. The van der Waals surface area contributed by atoms with Crippen LogP contribution in [0.1, 0.15) is 93.7 Å². The molecule has 0 aromatic heterocycles. The molecule has 0 spiro atoms. The third kappa shape index (κ3) is 6.77. The van der Waals surface area contributed by atoms with Gasteiger partial charge in [0.15, 0.2) is 0 Å². The molecule has 0 amide bonds. The smallest absolute Gasteiger partial charge is 0.119 e. The molecule has 0 N–H and O–H groups in total. The summed E-state index contributed by atoms with van der Waals surface area (Å²) in [7, 11) is 0. The molecule has 1 nitrogen and oxygen atoms in total. The van der Waals surface area contributed by atoms with Crippen LogP contribution in [0.5, 0.6) is 5.75 Å². The van der Waals surface area contributed by atoms with Gasteiger partial charge in [-0.2, -0.15) is 0 Å². The highest BCUT2D eigenvalue weighted by Gasteiger charge is 2.31. The Kier molecular flexibility index (Phi) is 8.71. The van der Waals surface area contributed by atoms with Crippen molar-refractivity contribution in [2.45, 2.75) is 77.0 Å². The number of allylic oxidation sites excluding steroid dienone is 1. The molecule has 0 radical (unpaired) electrons. The van der Waals surface area contributed by atoms with Crippen LogP contribution in [0.4, 0.5) is 0 Å². The summed E-state index contributed by atoms with van der Waals surface area (Å²) < 4.78 is 5.50. The van der Waals surface area contributed by atoms with E-state index in [-0.39, 0.29) is 0 Å². The molecule has 0 unspecified atom stereocenters. The molecule has 2 aliphatic rings. The Hall–Kier alpha value is -2.46. The Morgan fingerprint density at radius 1 is 0.788 bits per heavy atom. The van der Waals surface area contributed by atoms with Crippen molar-refractivity contribution < 1.29 is 4.74 Å². The summed E-state index contributed by atoms with van der Waals surface area (Å²) in [5.41, 5.74) is 3.62. The number of ether oxygens (including phenoxy) is 1. The molecule has 0 aliphatic heterocycles. The van der Waals surface area contributed by atoms with Crippen LogP contribution in [0.25, 0.3) is 0 Å². The molecule has 0 heterocycles. The van der Waals surface area contributed by atoms with Gasteiger partial charge in [0.1, 0.15) is 5.75 Å². The van der Waals surface area contributed by atoms with Gasteiger partial charge >= 0.3 is 0 Å². The lowest BCUT2D eigenvalue weighted by Gasteiger charge is -2.38. The Morgan fingerprint density at radius 2 is 1.33 bits per heavy atom. The van der Waals surface area contributed by atoms with Gasteiger partial charge in [-0.05, 0) is 124 Å². The fourth-order valence-corrected chi connectivity index (χ4v) is 6.01. The van der Waals surface area contributed by atoms with E-state index in [9.17, 15) is 0 Å².